The molecule has 0 fully saturated rings. The van der Waals surface area contributed by atoms with E-state index in [2.05, 4.69) is 9.44 Å². The van der Waals surface area contributed by atoms with Crippen LogP contribution in [0.4, 0.5) is 13.2 Å². The van der Waals surface area contributed by atoms with Crippen molar-refractivity contribution in [3.8, 4) is 0 Å². The second-order valence-electron chi connectivity index (χ2n) is 7.14. The van der Waals surface area contributed by atoms with E-state index >= 15 is 0 Å². The summed E-state index contributed by atoms with van der Waals surface area (Å²) in [6.07, 6.45) is -4.40. The van der Waals surface area contributed by atoms with Crippen molar-refractivity contribution in [2.45, 2.75) is 69.8 Å². The van der Waals surface area contributed by atoms with Crippen LogP contribution >= 0.6 is 0 Å². The van der Waals surface area contributed by atoms with Crippen molar-refractivity contribution in [2.75, 3.05) is 20.0 Å². The molecule has 0 heterocycles. The molecule has 0 aliphatic rings. The fourth-order valence-electron chi connectivity index (χ4n) is 1.25. The molecule has 0 rings (SSSR count). The van der Waals surface area contributed by atoms with Gasteiger partial charge in [-0.2, -0.15) is 0 Å². The van der Waals surface area contributed by atoms with Crippen molar-refractivity contribution in [3.05, 3.63) is 0 Å². The van der Waals surface area contributed by atoms with Crippen LogP contribution in [-0.4, -0.2) is 56.7 Å². The van der Waals surface area contributed by atoms with E-state index in [0.717, 1.165) is 0 Å². The molecule has 4 atom stereocenters. The quantitative estimate of drug-likeness (QED) is 0.511. The van der Waals surface area contributed by atoms with Crippen molar-refractivity contribution in [3.63, 3.8) is 0 Å². The van der Waals surface area contributed by atoms with Gasteiger partial charge in [-0.25, -0.2) is 31.0 Å². The zero-order chi connectivity index (χ0) is 19.8. The van der Waals surface area contributed by atoms with Gasteiger partial charge in [0.15, 0.2) is 18.7 Å². The third-order valence-corrected chi connectivity index (χ3v) is 5.81. The molecular weight excluding hydrogens is 381 g/mol. The molecular formula is C14H29F3N2O4S2. The Labute approximate surface area is 152 Å². The molecule has 0 aromatic heterocycles. The second kappa shape index (κ2) is 10.9. The molecule has 6 nitrogen and oxygen atoms in total. The van der Waals surface area contributed by atoms with Gasteiger partial charge in [0.1, 0.15) is 20.0 Å². The van der Waals surface area contributed by atoms with Crippen LogP contribution in [0.5, 0.6) is 0 Å². The monoisotopic (exact) mass is 410 g/mol. The van der Waals surface area contributed by atoms with Gasteiger partial charge in [-0.1, -0.05) is 0 Å². The largest absolute Gasteiger partial charge is 0.328 e. The van der Waals surface area contributed by atoms with Gasteiger partial charge in [-0.3, -0.25) is 0 Å². The summed E-state index contributed by atoms with van der Waals surface area (Å²) >= 11 is 0. The average Bonchev–Trinajstić information content (AvgIpc) is 2.49. The Hall–Kier alpha value is -0.0700. The zero-order valence-electron chi connectivity index (χ0n) is 15.4. The van der Waals surface area contributed by atoms with E-state index in [1.54, 1.807) is 41.5 Å². The third-order valence-electron chi connectivity index (χ3n) is 2.63. The summed E-state index contributed by atoms with van der Waals surface area (Å²) in [6, 6.07) is 0. The van der Waals surface area contributed by atoms with Crippen molar-refractivity contribution < 1.29 is 31.1 Å². The van der Waals surface area contributed by atoms with Crippen molar-refractivity contribution in [1.82, 2.24) is 9.44 Å². The Morgan fingerprint density at radius 3 is 1.28 bits per heavy atom. The molecule has 0 saturated heterocycles. The van der Waals surface area contributed by atoms with Crippen LogP contribution in [0.3, 0.4) is 0 Å². The molecule has 0 bridgehead atoms. The first-order chi connectivity index (χ1) is 11.3. The summed E-state index contributed by atoms with van der Waals surface area (Å²) in [6.45, 7) is 6.61. The fourth-order valence-corrected chi connectivity index (χ4v) is 2.68. The Morgan fingerprint density at radius 1 is 0.760 bits per heavy atom. The second-order valence-corrected chi connectivity index (χ2v) is 11.1. The van der Waals surface area contributed by atoms with Crippen LogP contribution in [0.2, 0.25) is 0 Å². The minimum atomic E-state index is -1.65. The summed E-state index contributed by atoms with van der Waals surface area (Å²) in [5.41, 5.74) is 0. The van der Waals surface area contributed by atoms with Gasteiger partial charge in [-0.15, -0.1) is 0 Å². The zero-order valence-corrected chi connectivity index (χ0v) is 17.1. The molecule has 11 heteroatoms. The number of hydrogen-bond acceptors (Lipinski definition) is 4. The predicted molar refractivity (Wildman–Crippen MR) is 93.5 cm³/mol. The lowest BCUT2D eigenvalue weighted by atomic mass is 10.3. The highest BCUT2D eigenvalue weighted by atomic mass is 32.2. The molecule has 0 amide bonds. The summed E-state index contributed by atoms with van der Waals surface area (Å²) in [5, 5.41) is 0. The van der Waals surface area contributed by atoms with Gasteiger partial charge in [-0.05, 0) is 41.5 Å². The summed E-state index contributed by atoms with van der Waals surface area (Å²) < 4.78 is 76.5. The van der Waals surface area contributed by atoms with Crippen molar-refractivity contribution in [2.24, 2.45) is 0 Å². The molecule has 0 aromatic carbocycles. The minimum Gasteiger partial charge on any atom is -0.328 e. The smallest absolute Gasteiger partial charge is 0.190 e. The fraction of sp³-hybridized carbons (Fsp3) is 1.00. The van der Waals surface area contributed by atoms with Gasteiger partial charge in [0.25, 0.3) is 0 Å². The first-order valence-corrected chi connectivity index (χ1v) is 10.00. The minimum absolute atomic E-state index is 0.685. The molecule has 25 heavy (non-hydrogen) atoms. The molecule has 0 radical (unpaired) electrons. The summed E-state index contributed by atoms with van der Waals surface area (Å²) in [7, 11) is -3.30. The van der Waals surface area contributed by atoms with Crippen molar-refractivity contribution >= 4 is 22.0 Å². The van der Waals surface area contributed by atoms with Crippen LogP contribution in [0.15, 0.2) is 0 Å². The molecule has 0 aromatic rings. The maximum atomic E-state index is 13.1. The van der Waals surface area contributed by atoms with Gasteiger partial charge in [0.2, 0.25) is 0 Å². The number of nitrogens with one attached hydrogen (secondary N) is 2. The first-order valence-electron chi connectivity index (χ1n) is 7.70. The normalized spacial score (nSPS) is 19.2. The van der Waals surface area contributed by atoms with E-state index in [0.29, 0.717) is 0 Å². The van der Waals surface area contributed by atoms with E-state index in [1.807, 2.05) is 0 Å². The van der Waals surface area contributed by atoms with E-state index in [1.165, 1.54) is 0 Å². The van der Waals surface area contributed by atoms with Crippen LogP contribution in [0, 0.1) is 0 Å². The van der Waals surface area contributed by atoms with Gasteiger partial charge < -0.3 is 9.47 Å². The molecule has 0 spiro atoms. The Balaban J connectivity index is 4.78. The summed E-state index contributed by atoms with van der Waals surface area (Å²) in [5.74, 6) is 0. The van der Waals surface area contributed by atoms with Gasteiger partial charge >= 0.3 is 0 Å². The molecule has 0 aliphatic heterocycles. The Morgan fingerprint density at radius 2 is 1.08 bits per heavy atom. The van der Waals surface area contributed by atoms with Gasteiger partial charge in [0, 0.05) is 0 Å². The number of halogens is 3. The maximum Gasteiger partial charge on any atom is 0.190 e. The lowest BCUT2D eigenvalue weighted by Gasteiger charge is -2.28. The molecule has 0 aliphatic carbocycles. The number of alkyl halides is 3. The molecule has 0 saturated carbocycles. The lowest BCUT2D eigenvalue weighted by Crippen LogP contribution is -2.48. The highest BCUT2D eigenvalue weighted by Gasteiger charge is 2.28. The SMILES string of the molecule is CC(C)(C)S(=O)NC(CF)OC(CF)OC(CF)NS(=O)C(C)(C)C. The highest BCUT2D eigenvalue weighted by Crippen LogP contribution is 2.13. The van der Waals surface area contributed by atoms with Gasteiger partial charge in [0.05, 0.1) is 31.5 Å². The average molecular weight is 411 g/mol. The van der Waals surface area contributed by atoms with Crippen LogP contribution in [-0.2, 0) is 31.4 Å². The predicted octanol–water partition coefficient (Wildman–Crippen LogP) is 2.01. The van der Waals surface area contributed by atoms with E-state index in [9.17, 15) is 21.6 Å². The third kappa shape index (κ3) is 10.00. The summed E-state index contributed by atoms with van der Waals surface area (Å²) in [4.78, 5) is 0. The van der Waals surface area contributed by atoms with Crippen molar-refractivity contribution in [1.29, 1.82) is 0 Å². The van der Waals surface area contributed by atoms with E-state index in [4.69, 9.17) is 9.47 Å². The Bertz CT molecular complexity index is 407. The number of rotatable bonds is 11. The molecule has 4 unspecified atom stereocenters. The molecule has 2 N–H and O–H groups in total. The highest BCUT2D eigenvalue weighted by molar-refractivity contribution is 7.84. The topological polar surface area (TPSA) is 76.7 Å². The van der Waals surface area contributed by atoms with E-state index in [-0.39, 0.29) is 0 Å². The molecule has 152 valence electrons. The number of hydrogen-bond donors (Lipinski definition) is 2. The first kappa shape index (κ1) is 24.9. The lowest BCUT2D eigenvalue weighted by molar-refractivity contribution is -0.209. The van der Waals surface area contributed by atoms with Crippen LogP contribution < -0.4 is 9.44 Å². The number of ether oxygens (including phenoxy) is 2. The Kier molecular flexibility index (Phi) is 10.9. The van der Waals surface area contributed by atoms with E-state index < -0.39 is 70.2 Å². The standard InChI is InChI=1S/C14H29F3N2O4S2/c1-13(2,3)24(20)18-10(7-15)22-12(9-17)23-11(8-16)19-25(21)14(4,5)6/h10-12,18-19H,7-9H2,1-6H3. The van der Waals surface area contributed by atoms with Crippen LogP contribution in [0.25, 0.3) is 0 Å². The van der Waals surface area contributed by atoms with Crippen LogP contribution in [0.1, 0.15) is 41.5 Å². The maximum absolute atomic E-state index is 13.1.